The third kappa shape index (κ3) is 2.11. The normalized spacial score (nSPS) is 31.5. The maximum Gasteiger partial charge on any atom is 0.153 e. The molecule has 1 aromatic heterocycles. The minimum atomic E-state index is 0.491. The van der Waals surface area contributed by atoms with Crippen LogP contribution in [0.4, 0.5) is 0 Å². The summed E-state index contributed by atoms with van der Waals surface area (Å²) in [6.45, 7) is 4.63. The van der Waals surface area contributed by atoms with Crippen LogP contribution in [-0.4, -0.2) is 16.1 Å². The summed E-state index contributed by atoms with van der Waals surface area (Å²) in [5.41, 5.74) is 0.682. The van der Waals surface area contributed by atoms with Gasteiger partial charge >= 0.3 is 0 Å². The molecule has 0 bridgehead atoms. The summed E-state index contributed by atoms with van der Waals surface area (Å²) in [7, 11) is 0. The van der Waals surface area contributed by atoms with Gasteiger partial charge in [-0.25, -0.2) is 0 Å². The molecule has 3 nitrogen and oxygen atoms in total. The predicted octanol–water partition coefficient (Wildman–Crippen LogP) is 2.69. The van der Waals surface area contributed by atoms with Crippen LogP contribution in [0.15, 0.2) is 12.4 Å². The topological polar surface area (TPSA) is 34.9 Å². The van der Waals surface area contributed by atoms with Crippen molar-refractivity contribution in [3.63, 3.8) is 0 Å². The Labute approximate surface area is 90.5 Å². The predicted molar refractivity (Wildman–Crippen MR) is 58.8 cm³/mol. The van der Waals surface area contributed by atoms with E-state index in [1.807, 2.05) is 10.9 Å². The molecule has 1 fully saturated rings. The lowest BCUT2D eigenvalue weighted by Gasteiger charge is -2.32. The number of aromatic nitrogens is 2. The Kier molecular flexibility index (Phi) is 2.89. The summed E-state index contributed by atoms with van der Waals surface area (Å²) in [6, 6.07) is 0.491. The number of carbonyl (C=O) groups is 1. The first-order chi connectivity index (χ1) is 7.20. The monoisotopic (exact) mass is 206 g/mol. The van der Waals surface area contributed by atoms with E-state index < -0.39 is 0 Å². The average Bonchev–Trinajstić information content (AvgIpc) is 2.70. The van der Waals surface area contributed by atoms with Crippen molar-refractivity contribution in [3.05, 3.63) is 18.0 Å². The van der Waals surface area contributed by atoms with Crippen LogP contribution in [0, 0.1) is 11.8 Å². The lowest BCUT2D eigenvalue weighted by atomic mass is 9.79. The highest BCUT2D eigenvalue weighted by molar-refractivity contribution is 5.73. The van der Waals surface area contributed by atoms with E-state index in [4.69, 9.17) is 0 Å². The van der Waals surface area contributed by atoms with Crippen LogP contribution in [-0.2, 0) is 0 Å². The van der Waals surface area contributed by atoms with Crippen molar-refractivity contribution in [2.45, 2.75) is 39.2 Å². The van der Waals surface area contributed by atoms with Gasteiger partial charge in [0.1, 0.15) is 0 Å². The number of aldehydes is 1. The number of carbonyl (C=O) groups excluding carboxylic acids is 1. The number of hydrogen-bond donors (Lipinski definition) is 0. The smallest absolute Gasteiger partial charge is 0.153 e. The molecule has 0 amide bonds. The molecule has 0 aromatic carbocycles. The van der Waals surface area contributed by atoms with E-state index in [9.17, 15) is 4.79 Å². The van der Waals surface area contributed by atoms with Gasteiger partial charge in [0, 0.05) is 6.20 Å². The van der Waals surface area contributed by atoms with Crippen molar-refractivity contribution in [3.8, 4) is 0 Å². The van der Waals surface area contributed by atoms with Crippen LogP contribution < -0.4 is 0 Å². The molecule has 1 aromatic rings. The van der Waals surface area contributed by atoms with Crippen LogP contribution >= 0.6 is 0 Å². The van der Waals surface area contributed by atoms with Crippen LogP contribution in [0.2, 0.25) is 0 Å². The lowest BCUT2D eigenvalue weighted by molar-refractivity contribution is 0.112. The molecule has 82 valence electrons. The quantitative estimate of drug-likeness (QED) is 0.697. The third-order valence-electron chi connectivity index (χ3n) is 3.70. The van der Waals surface area contributed by atoms with Gasteiger partial charge in [-0.3, -0.25) is 9.48 Å². The van der Waals surface area contributed by atoms with E-state index in [1.54, 1.807) is 6.20 Å². The summed E-state index contributed by atoms with van der Waals surface area (Å²) in [5, 5.41) is 4.26. The van der Waals surface area contributed by atoms with Crippen LogP contribution in [0.1, 0.15) is 49.5 Å². The first-order valence-electron chi connectivity index (χ1n) is 5.70. The largest absolute Gasteiger partial charge is 0.298 e. The Morgan fingerprint density at radius 2 is 2.20 bits per heavy atom. The highest BCUT2D eigenvalue weighted by atomic mass is 16.1. The minimum Gasteiger partial charge on any atom is -0.298 e. The molecule has 1 aliphatic carbocycles. The van der Waals surface area contributed by atoms with E-state index in [-0.39, 0.29) is 0 Å². The van der Waals surface area contributed by atoms with Gasteiger partial charge in [0.25, 0.3) is 0 Å². The Hall–Kier alpha value is -1.12. The fourth-order valence-corrected chi connectivity index (χ4v) is 2.37. The van der Waals surface area contributed by atoms with Crippen LogP contribution in [0.3, 0.4) is 0 Å². The zero-order chi connectivity index (χ0) is 10.8. The zero-order valence-electron chi connectivity index (χ0n) is 9.39. The molecule has 3 heteroatoms. The van der Waals surface area contributed by atoms with Crippen molar-refractivity contribution in [1.29, 1.82) is 0 Å². The van der Waals surface area contributed by atoms with Crippen molar-refractivity contribution in [2.75, 3.05) is 0 Å². The molecule has 2 rings (SSSR count). The average molecular weight is 206 g/mol. The van der Waals surface area contributed by atoms with Gasteiger partial charge in [0.2, 0.25) is 0 Å². The van der Waals surface area contributed by atoms with Crippen molar-refractivity contribution in [2.24, 2.45) is 11.8 Å². The summed E-state index contributed by atoms with van der Waals surface area (Å²) < 4.78 is 1.96. The summed E-state index contributed by atoms with van der Waals surface area (Å²) in [4.78, 5) is 10.6. The SMILES string of the molecule is CC1CCC(n2cc(C=O)cn2)CC1C. The van der Waals surface area contributed by atoms with Gasteiger partial charge in [-0.1, -0.05) is 13.8 Å². The van der Waals surface area contributed by atoms with Gasteiger partial charge in [0.15, 0.2) is 6.29 Å². The molecule has 0 N–H and O–H groups in total. The molecule has 15 heavy (non-hydrogen) atoms. The fourth-order valence-electron chi connectivity index (χ4n) is 2.37. The van der Waals surface area contributed by atoms with E-state index in [1.165, 1.54) is 19.3 Å². The van der Waals surface area contributed by atoms with E-state index in [0.29, 0.717) is 11.6 Å². The van der Waals surface area contributed by atoms with Gasteiger partial charge in [0.05, 0.1) is 17.8 Å². The molecule has 0 radical (unpaired) electrons. The van der Waals surface area contributed by atoms with E-state index >= 15 is 0 Å². The van der Waals surface area contributed by atoms with Crippen molar-refractivity contribution >= 4 is 6.29 Å². The van der Waals surface area contributed by atoms with Gasteiger partial charge in [-0.2, -0.15) is 5.10 Å². The second kappa shape index (κ2) is 4.17. The molecule has 0 saturated heterocycles. The molecule has 0 spiro atoms. The van der Waals surface area contributed by atoms with Gasteiger partial charge in [-0.05, 0) is 31.1 Å². The molecular formula is C12H18N2O. The molecular weight excluding hydrogens is 188 g/mol. The van der Waals surface area contributed by atoms with Crippen molar-refractivity contribution < 1.29 is 4.79 Å². The summed E-state index contributed by atoms with van der Waals surface area (Å²) in [5.74, 6) is 1.58. The first kappa shape index (κ1) is 10.4. The molecule has 1 heterocycles. The molecule has 1 saturated carbocycles. The first-order valence-corrected chi connectivity index (χ1v) is 5.70. The Morgan fingerprint density at radius 1 is 1.40 bits per heavy atom. The van der Waals surface area contributed by atoms with Gasteiger partial charge in [-0.15, -0.1) is 0 Å². The standard InChI is InChI=1S/C12H18N2O/c1-9-3-4-12(5-10(9)2)14-7-11(8-15)6-13-14/h6-10,12H,3-5H2,1-2H3. The second-order valence-corrected chi connectivity index (χ2v) is 4.79. The summed E-state index contributed by atoms with van der Waals surface area (Å²) in [6.07, 6.45) is 8.00. The molecule has 3 atom stereocenters. The highest BCUT2D eigenvalue weighted by Crippen LogP contribution is 2.35. The van der Waals surface area contributed by atoms with Gasteiger partial charge < -0.3 is 0 Å². The third-order valence-corrected chi connectivity index (χ3v) is 3.70. The zero-order valence-corrected chi connectivity index (χ0v) is 9.39. The lowest BCUT2D eigenvalue weighted by Crippen LogP contribution is -2.23. The number of hydrogen-bond acceptors (Lipinski definition) is 2. The highest BCUT2D eigenvalue weighted by Gasteiger charge is 2.25. The second-order valence-electron chi connectivity index (χ2n) is 4.79. The molecule has 0 aliphatic heterocycles. The van der Waals surface area contributed by atoms with E-state index in [0.717, 1.165) is 18.1 Å². The Morgan fingerprint density at radius 3 is 2.80 bits per heavy atom. The molecule has 3 unspecified atom stereocenters. The Bertz CT molecular complexity index is 345. The van der Waals surface area contributed by atoms with Crippen LogP contribution in [0.5, 0.6) is 0 Å². The van der Waals surface area contributed by atoms with Crippen LogP contribution in [0.25, 0.3) is 0 Å². The molecule has 1 aliphatic rings. The maximum atomic E-state index is 10.6. The summed E-state index contributed by atoms with van der Waals surface area (Å²) >= 11 is 0. The fraction of sp³-hybridized carbons (Fsp3) is 0.667. The maximum absolute atomic E-state index is 10.6. The minimum absolute atomic E-state index is 0.491. The Balaban J connectivity index is 2.08. The van der Waals surface area contributed by atoms with Crippen molar-refractivity contribution in [1.82, 2.24) is 9.78 Å². The van der Waals surface area contributed by atoms with E-state index in [2.05, 4.69) is 18.9 Å². The number of rotatable bonds is 2. The number of nitrogens with zero attached hydrogens (tertiary/aromatic N) is 2.